The molecule has 3 atom stereocenters. The fourth-order valence-corrected chi connectivity index (χ4v) is 5.52. The Bertz CT molecular complexity index is 1010. The molecule has 2 aromatic carbocycles. The first kappa shape index (κ1) is 20.0. The van der Waals surface area contributed by atoms with Crippen LogP contribution in [0.4, 0.5) is 20.6 Å². The molecule has 6 nitrogen and oxygen atoms in total. The topological polar surface area (TPSA) is 72.9 Å². The largest absolute Gasteiger partial charge is 0.394 e. The number of aliphatic hydroxyl groups is 1. The van der Waals surface area contributed by atoms with Crippen molar-refractivity contribution in [1.82, 2.24) is 4.90 Å². The Morgan fingerprint density at radius 1 is 1.10 bits per heavy atom. The molecule has 1 aliphatic carbocycles. The molecule has 2 fully saturated rings. The van der Waals surface area contributed by atoms with E-state index in [4.69, 9.17) is 0 Å². The molecule has 1 saturated heterocycles. The monoisotopic (exact) mass is 423 g/mol. The van der Waals surface area contributed by atoms with Gasteiger partial charge in [-0.25, -0.2) is 9.18 Å². The lowest BCUT2D eigenvalue weighted by Gasteiger charge is -2.58. The number of aliphatic hydroxyl groups excluding tert-OH is 1. The molecule has 2 aliphatic heterocycles. The summed E-state index contributed by atoms with van der Waals surface area (Å²) < 4.78 is 13.5. The van der Waals surface area contributed by atoms with Gasteiger partial charge in [0.05, 0.1) is 18.7 Å². The molecule has 3 amide bonds. The van der Waals surface area contributed by atoms with Crippen molar-refractivity contribution in [1.29, 1.82) is 0 Å². The zero-order valence-electron chi connectivity index (χ0n) is 17.2. The molecule has 1 saturated carbocycles. The Labute approximate surface area is 180 Å². The quantitative estimate of drug-likeness (QED) is 0.790. The van der Waals surface area contributed by atoms with Crippen LogP contribution in [0.5, 0.6) is 0 Å². The van der Waals surface area contributed by atoms with E-state index in [2.05, 4.69) is 5.32 Å². The van der Waals surface area contributed by atoms with Gasteiger partial charge in [0.1, 0.15) is 5.82 Å². The van der Waals surface area contributed by atoms with Crippen molar-refractivity contribution in [2.45, 2.75) is 43.7 Å². The summed E-state index contributed by atoms with van der Waals surface area (Å²) in [6.45, 7) is 0.229. The van der Waals surface area contributed by atoms with Gasteiger partial charge >= 0.3 is 6.03 Å². The number of urea groups is 1. The van der Waals surface area contributed by atoms with E-state index in [0.717, 1.165) is 36.9 Å². The number of carbonyl (C=O) groups excluding carboxylic acids is 2. The number of nitrogens with zero attached hydrogens (tertiary/aromatic N) is 2. The van der Waals surface area contributed by atoms with E-state index in [0.29, 0.717) is 12.2 Å². The van der Waals surface area contributed by atoms with Crippen LogP contribution in [0.25, 0.3) is 0 Å². The van der Waals surface area contributed by atoms with Crippen LogP contribution in [0.15, 0.2) is 48.5 Å². The van der Waals surface area contributed by atoms with E-state index in [-0.39, 0.29) is 36.4 Å². The molecule has 7 heteroatoms. The normalized spacial score (nSPS) is 24.9. The lowest BCUT2D eigenvalue weighted by molar-refractivity contribution is -0.123. The maximum Gasteiger partial charge on any atom is 0.322 e. The summed E-state index contributed by atoms with van der Waals surface area (Å²) in [5.41, 5.74) is 2.25. The number of para-hydroxylation sites is 1. The minimum absolute atomic E-state index is 0.0351. The van der Waals surface area contributed by atoms with Crippen molar-refractivity contribution < 1.29 is 19.1 Å². The van der Waals surface area contributed by atoms with Gasteiger partial charge in [-0.1, -0.05) is 37.1 Å². The molecule has 3 aliphatic rings. The second-order valence-corrected chi connectivity index (χ2v) is 8.68. The van der Waals surface area contributed by atoms with Crippen LogP contribution in [0, 0.1) is 11.7 Å². The number of likely N-dealkylation sites (tertiary alicyclic amines) is 1. The number of hydrogen-bond acceptors (Lipinski definition) is 3. The summed E-state index contributed by atoms with van der Waals surface area (Å²) >= 11 is 0. The van der Waals surface area contributed by atoms with Gasteiger partial charge in [0.2, 0.25) is 5.91 Å². The highest BCUT2D eigenvalue weighted by atomic mass is 19.1. The van der Waals surface area contributed by atoms with E-state index in [1.54, 1.807) is 11.0 Å². The summed E-state index contributed by atoms with van der Waals surface area (Å²) in [6.07, 6.45) is 3.97. The first-order valence-electron chi connectivity index (χ1n) is 10.9. The van der Waals surface area contributed by atoms with E-state index < -0.39 is 11.8 Å². The van der Waals surface area contributed by atoms with E-state index in [1.807, 2.05) is 29.2 Å². The number of fused-ring (bicyclic) bond motifs is 3. The molecule has 31 heavy (non-hydrogen) atoms. The first-order valence-corrected chi connectivity index (χ1v) is 10.9. The molecule has 0 aromatic heterocycles. The number of halogens is 1. The molecule has 0 unspecified atom stereocenters. The molecular weight excluding hydrogens is 397 g/mol. The summed E-state index contributed by atoms with van der Waals surface area (Å²) in [6, 6.07) is 12.5. The van der Waals surface area contributed by atoms with Crippen LogP contribution in [0.2, 0.25) is 0 Å². The molecule has 0 radical (unpaired) electrons. The van der Waals surface area contributed by atoms with Gasteiger partial charge in [0.25, 0.3) is 0 Å². The van der Waals surface area contributed by atoms with Crippen LogP contribution >= 0.6 is 0 Å². The van der Waals surface area contributed by atoms with Gasteiger partial charge in [-0.05, 0) is 42.7 Å². The number of nitrogens with one attached hydrogen (secondary N) is 1. The predicted octanol–water partition coefficient (Wildman–Crippen LogP) is 3.72. The van der Waals surface area contributed by atoms with Crippen molar-refractivity contribution in [3.63, 3.8) is 0 Å². The molecule has 2 N–H and O–H groups in total. The van der Waals surface area contributed by atoms with Crippen molar-refractivity contribution >= 4 is 23.3 Å². The summed E-state index contributed by atoms with van der Waals surface area (Å²) in [5.74, 6) is -0.306. The molecule has 162 valence electrons. The third-order valence-electron chi connectivity index (χ3n) is 6.97. The number of rotatable bonds is 3. The smallest absolute Gasteiger partial charge is 0.322 e. The second-order valence-electron chi connectivity index (χ2n) is 8.68. The van der Waals surface area contributed by atoms with Crippen molar-refractivity contribution in [3.05, 3.63) is 59.9 Å². The van der Waals surface area contributed by atoms with Crippen LogP contribution in [0.3, 0.4) is 0 Å². The predicted molar refractivity (Wildman–Crippen MR) is 115 cm³/mol. The second kappa shape index (κ2) is 7.96. The van der Waals surface area contributed by atoms with Crippen molar-refractivity contribution in [2.24, 2.45) is 5.92 Å². The first-order chi connectivity index (χ1) is 15.1. The van der Waals surface area contributed by atoms with Crippen molar-refractivity contribution in [2.75, 3.05) is 23.4 Å². The highest BCUT2D eigenvalue weighted by molar-refractivity contribution is 5.98. The number of carbonyl (C=O) groups is 2. The SMILES string of the molecule is O=C(C1CCCC1)N1C[C@H]2[C@@H](c3ccccc31)[C@@H](CO)N2C(=O)Nc1cccc(F)c1. The van der Waals surface area contributed by atoms with Crippen LogP contribution in [-0.4, -0.2) is 47.2 Å². The third kappa shape index (κ3) is 3.37. The van der Waals surface area contributed by atoms with Crippen LogP contribution < -0.4 is 10.2 Å². The fraction of sp³-hybridized carbons (Fsp3) is 0.417. The Hall–Kier alpha value is -2.93. The highest BCUT2D eigenvalue weighted by Crippen LogP contribution is 2.49. The Balaban J connectivity index is 1.43. The molecule has 5 rings (SSSR count). The standard InChI is InChI=1S/C24H26FN3O3/c25-16-8-5-9-17(12-16)26-24(31)28-20-13-27(23(30)15-6-1-2-7-15)19-11-4-3-10-18(19)22(20)21(28)14-29/h3-5,8-12,15,20-22,29H,1-2,6-7,13-14H2,(H,26,31)/t20-,21+,22+/m0/s1. The molecule has 0 bridgehead atoms. The fourth-order valence-electron chi connectivity index (χ4n) is 5.52. The van der Waals surface area contributed by atoms with Crippen LogP contribution in [-0.2, 0) is 4.79 Å². The summed E-state index contributed by atoms with van der Waals surface area (Å²) in [5, 5.41) is 12.8. The number of benzene rings is 2. The average Bonchev–Trinajstić information content (AvgIpc) is 3.28. The third-order valence-corrected chi connectivity index (χ3v) is 6.97. The number of amides is 3. The highest BCUT2D eigenvalue weighted by Gasteiger charge is 2.55. The zero-order chi connectivity index (χ0) is 21.5. The van der Waals surface area contributed by atoms with Gasteiger partial charge in [-0.2, -0.15) is 0 Å². The lowest BCUT2D eigenvalue weighted by atomic mass is 9.72. The van der Waals surface area contributed by atoms with Crippen LogP contribution in [0.1, 0.15) is 37.2 Å². The molecular formula is C24H26FN3O3. The minimum atomic E-state index is -0.432. The minimum Gasteiger partial charge on any atom is -0.394 e. The van der Waals surface area contributed by atoms with Gasteiger partial charge in [-0.3, -0.25) is 4.79 Å². The van der Waals surface area contributed by atoms with Gasteiger partial charge < -0.3 is 20.2 Å². The summed E-state index contributed by atoms with van der Waals surface area (Å²) in [4.78, 5) is 29.8. The summed E-state index contributed by atoms with van der Waals surface area (Å²) in [7, 11) is 0. The Morgan fingerprint density at radius 2 is 1.87 bits per heavy atom. The van der Waals surface area contributed by atoms with E-state index in [1.165, 1.54) is 18.2 Å². The molecule has 2 heterocycles. The van der Waals surface area contributed by atoms with E-state index in [9.17, 15) is 19.1 Å². The molecule has 2 aromatic rings. The van der Waals surface area contributed by atoms with Gasteiger partial charge in [0, 0.05) is 29.8 Å². The number of anilines is 2. The average molecular weight is 423 g/mol. The zero-order valence-corrected chi connectivity index (χ0v) is 17.2. The maximum atomic E-state index is 13.5. The Morgan fingerprint density at radius 3 is 2.61 bits per heavy atom. The van der Waals surface area contributed by atoms with Gasteiger partial charge in [0.15, 0.2) is 0 Å². The van der Waals surface area contributed by atoms with Gasteiger partial charge in [-0.15, -0.1) is 0 Å². The lowest BCUT2D eigenvalue weighted by Crippen LogP contribution is -2.71. The van der Waals surface area contributed by atoms with E-state index >= 15 is 0 Å². The Kier molecular flexibility index (Phi) is 5.14. The van der Waals surface area contributed by atoms with Crippen molar-refractivity contribution in [3.8, 4) is 0 Å². The number of hydrogen-bond donors (Lipinski definition) is 2. The molecule has 0 spiro atoms. The maximum absolute atomic E-state index is 13.5.